The van der Waals surface area contributed by atoms with Gasteiger partial charge in [0.05, 0.1) is 28.8 Å². The van der Waals surface area contributed by atoms with Crippen LogP contribution in [-0.2, 0) is 0 Å². The molecule has 2 aromatic heterocycles. The highest BCUT2D eigenvalue weighted by atomic mass is 28.3. The van der Waals surface area contributed by atoms with Gasteiger partial charge in [-0.05, 0) is 37.3 Å². The van der Waals surface area contributed by atoms with Crippen LogP contribution in [0.3, 0.4) is 0 Å². The normalized spacial score (nSPS) is 15.2. The van der Waals surface area contributed by atoms with Crippen LogP contribution >= 0.6 is 0 Å². The van der Waals surface area contributed by atoms with E-state index in [-0.39, 0.29) is 11.7 Å². The summed E-state index contributed by atoms with van der Waals surface area (Å²) in [6, 6.07) is 11.5. The van der Waals surface area contributed by atoms with Crippen molar-refractivity contribution >= 4 is 19.7 Å². The van der Waals surface area contributed by atoms with Gasteiger partial charge >= 0.3 is 0 Å². The number of benzene rings is 1. The summed E-state index contributed by atoms with van der Waals surface area (Å²) in [5.74, 6) is 2.76. The van der Waals surface area contributed by atoms with Gasteiger partial charge in [0.2, 0.25) is 0 Å². The predicted octanol–water partition coefficient (Wildman–Crippen LogP) is 3.51. The van der Waals surface area contributed by atoms with Crippen molar-refractivity contribution in [1.82, 2.24) is 14.5 Å². The van der Waals surface area contributed by atoms with Crippen molar-refractivity contribution in [2.45, 2.75) is 32.6 Å². The van der Waals surface area contributed by atoms with Crippen LogP contribution in [0.4, 0.5) is 0 Å². The molecule has 0 bridgehead atoms. The summed E-state index contributed by atoms with van der Waals surface area (Å²) in [5.41, 5.74) is 14.1. The Morgan fingerprint density at radius 1 is 1.17 bits per heavy atom. The Bertz CT molecular complexity index is 1230. The van der Waals surface area contributed by atoms with Crippen LogP contribution in [0.15, 0.2) is 53.9 Å². The summed E-state index contributed by atoms with van der Waals surface area (Å²) < 4.78 is 1.90. The molecule has 6 nitrogen and oxygen atoms in total. The molecule has 1 aliphatic rings. The number of primary amides is 1. The van der Waals surface area contributed by atoms with Gasteiger partial charge in [0.15, 0.2) is 5.69 Å². The number of hydrogen-bond acceptors (Lipinski definition) is 4. The van der Waals surface area contributed by atoms with Crippen molar-refractivity contribution < 1.29 is 4.79 Å². The number of rotatable bonds is 2. The number of amides is 1. The molecule has 0 saturated heterocycles. The van der Waals surface area contributed by atoms with Crippen molar-refractivity contribution in [3.63, 3.8) is 0 Å². The molecule has 0 spiro atoms. The van der Waals surface area contributed by atoms with Gasteiger partial charge in [-0.2, -0.15) is 0 Å². The molecule has 7 heteroatoms. The van der Waals surface area contributed by atoms with E-state index in [1.807, 2.05) is 47.9 Å². The fourth-order valence-corrected chi connectivity index (χ4v) is 3.96. The summed E-state index contributed by atoms with van der Waals surface area (Å²) in [5, 5.41) is 0. The number of hydrogen-bond donors (Lipinski definition) is 1. The molecule has 0 fully saturated rings. The zero-order valence-electron chi connectivity index (χ0n) is 17.5. The number of nitrogens with two attached hydrogens (primary N) is 1. The topological polar surface area (TPSA) is 86.2 Å². The third-order valence-electron chi connectivity index (χ3n) is 4.76. The third kappa shape index (κ3) is 3.70. The van der Waals surface area contributed by atoms with Crippen molar-refractivity contribution in [2.75, 3.05) is 0 Å². The van der Waals surface area contributed by atoms with E-state index in [2.05, 4.69) is 41.1 Å². The quantitative estimate of drug-likeness (QED) is 0.515. The summed E-state index contributed by atoms with van der Waals surface area (Å²) in [4.78, 5) is 25.7. The molecule has 3 aromatic rings. The second-order valence-electron chi connectivity index (χ2n) is 8.31. The van der Waals surface area contributed by atoms with E-state index in [1.165, 1.54) is 0 Å². The maximum absolute atomic E-state index is 12.0. The molecule has 0 radical (unpaired) electrons. The number of carbonyl (C=O) groups excluding carboxylic acids is 1. The Morgan fingerprint density at radius 3 is 2.63 bits per heavy atom. The van der Waals surface area contributed by atoms with E-state index in [0.717, 1.165) is 28.2 Å². The molecule has 0 saturated carbocycles. The van der Waals surface area contributed by atoms with Crippen LogP contribution in [0.25, 0.3) is 5.69 Å². The van der Waals surface area contributed by atoms with E-state index in [1.54, 1.807) is 12.5 Å². The SMILES string of the molecule is C[C@@H]1N=C(c2ccccn2)c2cc(C#C[Si](C)(C)C)ccc2-n2cnc(C(N)=O)c21. The smallest absolute Gasteiger partial charge is 0.269 e. The Morgan fingerprint density at radius 2 is 1.97 bits per heavy atom. The van der Waals surface area contributed by atoms with E-state index >= 15 is 0 Å². The molecule has 150 valence electrons. The summed E-state index contributed by atoms with van der Waals surface area (Å²) in [7, 11) is -1.51. The minimum atomic E-state index is -1.51. The average molecular weight is 414 g/mol. The first-order valence-corrected chi connectivity index (χ1v) is 13.3. The lowest BCUT2D eigenvalue weighted by molar-refractivity contribution is 0.0994. The first kappa shape index (κ1) is 19.8. The van der Waals surface area contributed by atoms with Crippen molar-refractivity contribution in [3.8, 4) is 17.2 Å². The highest BCUT2D eigenvalue weighted by Gasteiger charge is 2.28. The minimum Gasteiger partial charge on any atom is -0.364 e. The van der Waals surface area contributed by atoms with Crippen LogP contribution in [-0.4, -0.2) is 34.2 Å². The van der Waals surface area contributed by atoms with Crippen molar-refractivity contribution in [3.05, 3.63) is 77.1 Å². The fraction of sp³-hybridized carbons (Fsp3) is 0.217. The number of aromatic nitrogens is 3. The average Bonchev–Trinajstić information content (AvgIpc) is 3.11. The van der Waals surface area contributed by atoms with Crippen LogP contribution in [0, 0.1) is 11.5 Å². The number of nitrogens with zero attached hydrogens (tertiary/aromatic N) is 4. The summed E-state index contributed by atoms with van der Waals surface area (Å²) >= 11 is 0. The number of aliphatic imine (C=N–C) groups is 1. The lowest BCUT2D eigenvalue weighted by Gasteiger charge is -2.12. The van der Waals surface area contributed by atoms with Gasteiger partial charge in [-0.1, -0.05) is 31.6 Å². The Kier molecular flexibility index (Phi) is 4.88. The van der Waals surface area contributed by atoms with E-state index in [4.69, 9.17) is 10.7 Å². The lowest BCUT2D eigenvalue weighted by atomic mass is 10.0. The Balaban J connectivity index is 1.99. The van der Waals surface area contributed by atoms with Crippen molar-refractivity contribution in [1.29, 1.82) is 0 Å². The van der Waals surface area contributed by atoms with E-state index in [0.29, 0.717) is 5.69 Å². The molecule has 1 atom stereocenters. The lowest BCUT2D eigenvalue weighted by Crippen LogP contribution is -2.16. The highest BCUT2D eigenvalue weighted by molar-refractivity contribution is 6.83. The van der Waals surface area contributed by atoms with E-state index < -0.39 is 14.0 Å². The van der Waals surface area contributed by atoms with Gasteiger partial charge in [-0.3, -0.25) is 19.3 Å². The van der Waals surface area contributed by atoms with Crippen LogP contribution in [0.1, 0.15) is 46.0 Å². The maximum atomic E-state index is 12.0. The molecule has 3 heterocycles. The standard InChI is InChI=1S/C23H23N5OSi/c1-15-22-21(23(24)29)26-14-28(22)19-9-8-16(10-12-30(2,3)4)13-17(19)20(27-15)18-7-5-6-11-25-18/h5-9,11,13-15H,1-4H3,(H2,24,29)/t15-/m0/s1. The molecule has 4 rings (SSSR count). The fourth-order valence-electron chi connectivity index (χ4n) is 3.44. The van der Waals surface area contributed by atoms with Gasteiger partial charge in [0.25, 0.3) is 5.91 Å². The highest BCUT2D eigenvalue weighted by Crippen LogP contribution is 2.32. The molecule has 30 heavy (non-hydrogen) atoms. The molecule has 1 aliphatic heterocycles. The molecular weight excluding hydrogens is 390 g/mol. The first-order valence-electron chi connectivity index (χ1n) is 9.79. The summed E-state index contributed by atoms with van der Waals surface area (Å²) in [6.45, 7) is 8.58. The second-order valence-corrected chi connectivity index (χ2v) is 13.1. The predicted molar refractivity (Wildman–Crippen MR) is 121 cm³/mol. The molecular formula is C23H23N5OSi. The van der Waals surface area contributed by atoms with Gasteiger partial charge in [0.1, 0.15) is 14.4 Å². The largest absolute Gasteiger partial charge is 0.364 e. The van der Waals surface area contributed by atoms with Crippen LogP contribution in [0.2, 0.25) is 19.6 Å². The van der Waals surface area contributed by atoms with Crippen LogP contribution < -0.4 is 5.73 Å². The number of carbonyl (C=O) groups is 1. The maximum Gasteiger partial charge on any atom is 0.269 e. The van der Waals surface area contributed by atoms with Crippen LogP contribution in [0.5, 0.6) is 0 Å². The zero-order chi connectivity index (χ0) is 21.5. The Hall–Kier alpha value is -3.50. The summed E-state index contributed by atoms with van der Waals surface area (Å²) in [6.07, 6.45) is 3.38. The first-order chi connectivity index (χ1) is 14.2. The zero-order valence-corrected chi connectivity index (χ0v) is 18.5. The van der Waals surface area contributed by atoms with Gasteiger partial charge in [-0.15, -0.1) is 5.54 Å². The molecule has 1 aromatic carbocycles. The minimum absolute atomic E-state index is 0.238. The number of fused-ring (bicyclic) bond motifs is 3. The Labute approximate surface area is 176 Å². The third-order valence-corrected chi connectivity index (χ3v) is 5.63. The monoisotopic (exact) mass is 413 g/mol. The molecule has 0 unspecified atom stereocenters. The van der Waals surface area contributed by atoms with Crippen molar-refractivity contribution in [2.24, 2.45) is 10.7 Å². The van der Waals surface area contributed by atoms with Gasteiger partial charge in [-0.25, -0.2) is 4.98 Å². The molecule has 2 N–H and O–H groups in total. The van der Waals surface area contributed by atoms with Gasteiger partial charge < -0.3 is 5.73 Å². The molecule has 1 amide bonds. The second kappa shape index (κ2) is 7.39. The van der Waals surface area contributed by atoms with E-state index in [9.17, 15) is 4.79 Å². The molecule has 0 aliphatic carbocycles. The van der Waals surface area contributed by atoms with Gasteiger partial charge in [0, 0.05) is 17.3 Å². The number of pyridine rings is 1. The number of imidazole rings is 1.